The SMILES string of the molecule is O=C(CNC(=O)c1cccc(C(F)(F)F)c1)N[C@H]1CCCC[C@@H]1NCc1ccc(F)cc1F. The van der Waals surface area contributed by atoms with Gasteiger partial charge in [0, 0.05) is 35.8 Å². The fourth-order valence-corrected chi connectivity index (χ4v) is 3.81. The Hall–Kier alpha value is -3.01. The normalized spacial score (nSPS) is 18.6. The summed E-state index contributed by atoms with van der Waals surface area (Å²) in [6.07, 6.45) is -1.36. The summed E-state index contributed by atoms with van der Waals surface area (Å²) in [5.41, 5.74) is -0.843. The van der Waals surface area contributed by atoms with E-state index >= 15 is 0 Å². The van der Waals surface area contributed by atoms with Crippen molar-refractivity contribution in [3.05, 3.63) is 70.8 Å². The lowest BCUT2D eigenvalue weighted by Crippen LogP contribution is -2.53. The predicted octanol–water partition coefficient (Wildman–Crippen LogP) is 3.93. The van der Waals surface area contributed by atoms with Gasteiger partial charge in [-0.3, -0.25) is 9.59 Å². The average molecular weight is 469 g/mol. The summed E-state index contributed by atoms with van der Waals surface area (Å²) in [5.74, 6) is -2.59. The first-order valence-electron chi connectivity index (χ1n) is 10.6. The second kappa shape index (κ2) is 10.7. The van der Waals surface area contributed by atoms with Gasteiger partial charge in [0.15, 0.2) is 0 Å². The Labute approximate surface area is 187 Å². The zero-order chi connectivity index (χ0) is 24.0. The molecule has 10 heteroatoms. The second-order valence-corrected chi connectivity index (χ2v) is 7.94. The maximum absolute atomic E-state index is 13.9. The third-order valence-corrected chi connectivity index (χ3v) is 5.54. The van der Waals surface area contributed by atoms with Crippen LogP contribution in [-0.4, -0.2) is 30.4 Å². The van der Waals surface area contributed by atoms with Crippen molar-refractivity contribution < 1.29 is 31.5 Å². The number of alkyl halides is 3. The monoisotopic (exact) mass is 469 g/mol. The Morgan fingerprint density at radius 2 is 1.70 bits per heavy atom. The molecule has 0 bridgehead atoms. The summed E-state index contributed by atoms with van der Waals surface area (Å²) in [5, 5.41) is 8.34. The van der Waals surface area contributed by atoms with E-state index in [1.54, 1.807) is 0 Å². The van der Waals surface area contributed by atoms with Gasteiger partial charge in [-0.1, -0.05) is 25.0 Å². The molecule has 5 nitrogen and oxygen atoms in total. The van der Waals surface area contributed by atoms with E-state index in [9.17, 15) is 31.5 Å². The minimum atomic E-state index is -4.58. The molecule has 2 aromatic carbocycles. The summed E-state index contributed by atoms with van der Waals surface area (Å²) in [7, 11) is 0. The Balaban J connectivity index is 1.52. The highest BCUT2D eigenvalue weighted by Crippen LogP contribution is 2.29. The van der Waals surface area contributed by atoms with Crippen LogP contribution >= 0.6 is 0 Å². The van der Waals surface area contributed by atoms with Crippen LogP contribution in [0.2, 0.25) is 0 Å². The molecular formula is C23H24F5N3O2. The topological polar surface area (TPSA) is 70.2 Å². The van der Waals surface area contributed by atoms with E-state index in [1.165, 1.54) is 18.2 Å². The molecule has 1 aliphatic carbocycles. The Bertz CT molecular complexity index is 996. The van der Waals surface area contributed by atoms with Crippen molar-refractivity contribution in [3.63, 3.8) is 0 Å². The molecule has 2 atom stereocenters. The van der Waals surface area contributed by atoms with Gasteiger partial charge in [-0.05, 0) is 37.1 Å². The number of hydrogen-bond acceptors (Lipinski definition) is 3. The zero-order valence-corrected chi connectivity index (χ0v) is 17.6. The summed E-state index contributed by atoms with van der Waals surface area (Å²) in [6, 6.07) is 6.87. The fraction of sp³-hybridized carbons (Fsp3) is 0.391. The Morgan fingerprint density at radius 1 is 0.970 bits per heavy atom. The van der Waals surface area contributed by atoms with Crippen molar-refractivity contribution >= 4 is 11.8 Å². The van der Waals surface area contributed by atoms with Crippen molar-refractivity contribution in [2.75, 3.05) is 6.54 Å². The Kier molecular flexibility index (Phi) is 8.01. The second-order valence-electron chi connectivity index (χ2n) is 7.94. The number of rotatable bonds is 7. The molecule has 0 radical (unpaired) electrons. The highest BCUT2D eigenvalue weighted by molar-refractivity contribution is 5.96. The van der Waals surface area contributed by atoms with E-state index in [0.717, 1.165) is 43.5 Å². The molecule has 0 spiro atoms. The largest absolute Gasteiger partial charge is 0.416 e. The van der Waals surface area contributed by atoms with E-state index < -0.39 is 41.7 Å². The lowest BCUT2D eigenvalue weighted by atomic mass is 9.90. The lowest BCUT2D eigenvalue weighted by Gasteiger charge is -2.33. The first-order valence-corrected chi connectivity index (χ1v) is 10.6. The first kappa shape index (κ1) is 24.6. The summed E-state index contributed by atoms with van der Waals surface area (Å²) in [4.78, 5) is 24.5. The molecule has 2 amide bonds. The molecule has 0 aromatic heterocycles. The van der Waals surface area contributed by atoms with Gasteiger partial charge >= 0.3 is 6.18 Å². The minimum absolute atomic E-state index is 0.147. The van der Waals surface area contributed by atoms with Crippen LogP contribution in [0.15, 0.2) is 42.5 Å². The van der Waals surface area contributed by atoms with Crippen molar-refractivity contribution in [2.45, 2.75) is 50.5 Å². The van der Waals surface area contributed by atoms with E-state index in [0.29, 0.717) is 12.0 Å². The first-order chi connectivity index (χ1) is 15.6. The van der Waals surface area contributed by atoms with E-state index in [1.807, 2.05) is 0 Å². The molecule has 33 heavy (non-hydrogen) atoms. The third kappa shape index (κ3) is 6.98. The molecule has 3 rings (SSSR count). The van der Waals surface area contributed by atoms with Crippen LogP contribution < -0.4 is 16.0 Å². The molecule has 178 valence electrons. The van der Waals surface area contributed by atoms with E-state index in [2.05, 4.69) is 16.0 Å². The highest BCUT2D eigenvalue weighted by atomic mass is 19.4. The quantitative estimate of drug-likeness (QED) is 0.539. The molecule has 0 aliphatic heterocycles. The van der Waals surface area contributed by atoms with Gasteiger partial charge in [-0.15, -0.1) is 0 Å². The smallest absolute Gasteiger partial charge is 0.350 e. The van der Waals surface area contributed by atoms with Gasteiger partial charge in [0.05, 0.1) is 12.1 Å². The third-order valence-electron chi connectivity index (χ3n) is 5.54. The Morgan fingerprint density at radius 3 is 2.39 bits per heavy atom. The molecule has 0 unspecified atom stereocenters. The van der Waals surface area contributed by atoms with Crippen molar-refractivity contribution in [3.8, 4) is 0 Å². The average Bonchev–Trinajstić information content (AvgIpc) is 2.77. The number of hydrogen-bond donors (Lipinski definition) is 3. The number of halogens is 5. The van der Waals surface area contributed by atoms with Crippen LogP contribution in [-0.2, 0) is 17.5 Å². The number of amides is 2. The van der Waals surface area contributed by atoms with Crippen LogP contribution in [0.1, 0.15) is 47.2 Å². The summed E-state index contributed by atoms with van der Waals surface area (Å²) in [6.45, 7) is -0.236. The van der Waals surface area contributed by atoms with Gasteiger partial charge in [0.2, 0.25) is 5.91 Å². The van der Waals surface area contributed by atoms with Gasteiger partial charge in [0.1, 0.15) is 11.6 Å². The minimum Gasteiger partial charge on any atom is -0.350 e. The van der Waals surface area contributed by atoms with Crippen LogP contribution in [0.4, 0.5) is 22.0 Å². The molecule has 1 saturated carbocycles. The van der Waals surface area contributed by atoms with Crippen LogP contribution in [0.5, 0.6) is 0 Å². The highest BCUT2D eigenvalue weighted by Gasteiger charge is 2.31. The van der Waals surface area contributed by atoms with Crippen LogP contribution in [0.3, 0.4) is 0 Å². The zero-order valence-electron chi connectivity index (χ0n) is 17.6. The van der Waals surface area contributed by atoms with Gasteiger partial charge in [-0.25, -0.2) is 8.78 Å². The van der Waals surface area contributed by atoms with Crippen molar-refractivity contribution in [2.24, 2.45) is 0 Å². The molecule has 0 saturated heterocycles. The van der Waals surface area contributed by atoms with Gasteiger partial charge < -0.3 is 16.0 Å². The number of carbonyl (C=O) groups is 2. The number of carbonyl (C=O) groups excluding carboxylic acids is 2. The van der Waals surface area contributed by atoms with Crippen molar-refractivity contribution in [1.29, 1.82) is 0 Å². The fourth-order valence-electron chi connectivity index (χ4n) is 3.81. The van der Waals surface area contributed by atoms with Crippen LogP contribution in [0.25, 0.3) is 0 Å². The number of benzene rings is 2. The van der Waals surface area contributed by atoms with Crippen LogP contribution in [0, 0.1) is 11.6 Å². The summed E-state index contributed by atoms with van der Waals surface area (Å²) < 4.78 is 65.4. The van der Waals surface area contributed by atoms with Crippen molar-refractivity contribution in [1.82, 2.24) is 16.0 Å². The maximum Gasteiger partial charge on any atom is 0.416 e. The molecule has 1 fully saturated rings. The molecule has 2 aromatic rings. The molecule has 0 heterocycles. The standard InChI is InChI=1S/C23H24F5N3O2/c24-17-9-8-15(18(25)11-17)12-29-19-6-1-2-7-20(19)31-21(32)13-30-22(33)14-4-3-5-16(10-14)23(26,27)28/h3-5,8-11,19-20,29H,1-2,6-7,12-13H2,(H,30,33)(H,31,32)/t19-,20-/m0/s1. The predicted molar refractivity (Wildman–Crippen MR) is 111 cm³/mol. The summed E-state index contributed by atoms with van der Waals surface area (Å²) >= 11 is 0. The van der Waals surface area contributed by atoms with Gasteiger partial charge in [0.25, 0.3) is 5.91 Å². The molecular weight excluding hydrogens is 445 g/mol. The molecule has 3 N–H and O–H groups in total. The number of nitrogens with one attached hydrogen (secondary N) is 3. The van der Waals surface area contributed by atoms with E-state index in [4.69, 9.17) is 0 Å². The maximum atomic E-state index is 13.9. The molecule has 1 aliphatic rings. The lowest BCUT2D eigenvalue weighted by molar-refractivity contribution is -0.137. The van der Waals surface area contributed by atoms with E-state index in [-0.39, 0.29) is 24.2 Å². The van der Waals surface area contributed by atoms with Gasteiger partial charge in [-0.2, -0.15) is 13.2 Å².